The SMILES string of the molecule is C#CCCCCNc1ccc(C(=O)O)cc1Br. The summed E-state index contributed by atoms with van der Waals surface area (Å²) in [6, 6.07) is 4.93. The maximum Gasteiger partial charge on any atom is 0.335 e. The summed E-state index contributed by atoms with van der Waals surface area (Å²) in [7, 11) is 0. The van der Waals surface area contributed by atoms with E-state index in [1.165, 1.54) is 0 Å². The molecule has 0 heterocycles. The summed E-state index contributed by atoms with van der Waals surface area (Å²) >= 11 is 3.34. The van der Waals surface area contributed by atoms with Gasteiger partial charge in [0.25, 0.3) is 0 Å². The van der Waals surface area contributed by atoms with E-state index in [1.54, 1.807) is 18.2 Å². The van der Waals surface area contributed by atoms with Crippen molar-refractivity contribution in [2.45, 2.75) is 19.3 Å². The van der Waals surface area contributed by atoms with Crippen molar-refractivity contribution in [3.05, 3.63) is 28.2 Å². The van der Waals surface area contributed by atoms with E-state index in [4.69, 9.17) is 11.5 Å². The summed E-state index contributed by atoms with van der Waals surface area (Å²) in [6.07, 6.45) is 7.94. The Morgan fingerprint density at radius 3 is 2.82 bits per heavy atom. The summed E-state index contributed by atoms with van der Waals surface area (Å²) in [5, 5.41) is 12.0. The van der Waals surface area contributed by atoms with Crippen molar-refractivity contribution in [3.63, 3.8) is 0 Å². The number of carboxylic acid groups (broad SMARTS) is 1. The van der Waals surface area contributed by atoms with Gasteiger partial charge in [0.15, 0.2) is 0 Å². The van der Waals surface area contributed by atoms with Gasteiger partial charge in [0.05, 0.1) is 5.56 Å². The second kappa shape index (κ2) is 6.97. The summed E-state index contributed by atoms with van der Waals surface area (Å²) in [6.45, 7) is 0.826. The van der Waals surface area contributed by atoms with Gasteiger partial charge < -0.3 is 10.4 Å². The quantitative estimate of drug-likeness (QED) is 0.625. The van der Waals surface area contributed by atoms with Gasteiger partial charge in [-0.1, -0.05) is 0 Å². The number of rotatable bonds is 6. The van der Waals surface area contributed by atoms with Crippen LogP contribution in [-0.4, -0.2) is 17.6 Å². The zero-order valence-electron chi connectivity index (χ0n) is 9.37. The second-order valence-corrected chi connectivity index (χ2v) is 4.44. The number of carbonyl (C=O) groups is 1. The van der Waals surface area contributed by atoms with E-state index in [0.29, 0.717) is 0 Å². The van der Waals surface area contributed by atoms with Crippen LogP contribution < -0.4 is 5.32 Å². The molecule has 0 amide bonds. The van der Waals surface area contributed by atoms with E-state index < -0.39 is 5.97 Å². The molecular formula is C13H14BrNO2. The van der Waals surface area contributed by atoms with Crippen molar-refractivity contribution in [2.75, 3.05) is 11.9 Å². The standard InChI is InChI=1S/C13H14BrNO2/c1-2-3-4-5-8-15-12-7-6-10(13(16)17)9-11(12)14/h1,6-7,9,15H,3-5,8H2,(H,16,17). The summed E-state index contributed by atoms with van der Waals surface area (Å²) < 4.78 is 0.759. The third-order valence-electron chi connectivity index (χ3n) is 2.28. The highest BCUT2D eigenvalue weighted by Crippen LogP contribution is 2.23. The fraction of sp³-hybridized carbons (Fsp3) is 0.308. The van der Waals surface area contributed by atoms with Crippen LogP contribution in [0.4, 0.5) is 5.69 Å². The molecule has 3 nitrogen and oxygen atoms in total. The average Bonchev–Trinajstić information content (AvgIpc) is 2.30. The molecule has 0 saturated heterocycles. The molecule has 0 aliphatic rings. The molecule has 0 bridgehead atoms. The lowest BCUT2D eigenvalue weighted by atomic mass is 10.2. The first kappa shape index (κ1) is 13.6. The minimum atomic E-state index is -0.925. The lowest BCUT2D eigenvalue weighted by Gasteiger charge is -2.08. The number of unbranched alkanes of at least 4 members (excludes halogenated alkanes) is 2. The highest BCUT2D eigenvalue weighted by atomic mass is 79.9. The van der Waals surface area contributed by atoms with Crippen LogP contribution in [0.25, 0.3) is 0 Å². The number of terminal acetylenes is 1. The number of nitrogens with one attached hydrogen (secondary N) is 1. The van der Waals surface area contributed by atoms with Gasteiger partial charge in [-0.25, -0.2) is 4.79 Å². The van der Waals surface area contributed by atoms with Gasteiger partial charge in [-0.3, -0.25) is 0 Å². The molecule has 0 fully saturated rings. The first-order valence-corrected chi connectivity index (χ1v) is 6.14. The lowest BCUT2D eigenvalue weighted by molar-refractivity contribution is 0.0697. The van der Waals surface area contributed by atoms with Gasteiger partial charge in [0.1, 0.15) is 0 Å². The smallest absolute Gasteiger partial charge is 0.335 e. The molecule has 1 aromatic rings. The molecule has 0 aliphatic carbocycles. The Morgan fingerprint density at radius 1 is 1.47 bits per heavy atom. The van der Waals surface area contributed by atoms with Gasteiger partial charge in [-0.15, -0.1) is 12.3 Å². The number of benzene rings is 1. The van der Waals surface area contributed by atoms with Crippen molar-refractivity contribution in [1.82, 2.24) is 0 Å². The molecule has 1 rings (SSSR count). The Labute approximate surface area is 109 Å². The van der Waals surface area contributed by atoms with E-state index in [-0.39, 0.29) is 5.56 Å². The first-order chi connectivity index (χ1) is 8.15. The Bertz CT molecular complexity index is 438. The van der Waals surface area contributed by atoms with Crippen LogP contribution >= 0.6 is 15.9 Å². The van der Waals surface area contributed by atoms with Gasteiger partial charge in [-0.2, -0.15) is 0 Å². The number of aromatic carboxylic acids is 1. The monoisotopic (exact) mass is 295 g/mol. The van der Waals surface area contributed by atoms with Crippen LogP contribution in [0.15, 0.2) is 22.7 Å². The van der Waals surface area contributed by atoms with Crippen molar-refractivity contribution in [1.29, 1.82) is 0 Å². The number of carboxylic acids is 1. The molecule has 17 heavy (non-hydrogen) atoms. The number of hydrogen-bond acceptors (Lipinski definition) is 2. The highest BCUT2D eigenvalue weighted by Gasteiger charge is 2.05. The summed E-state index contributed by atoms with van der Waals surface area (Å²) in [4.78, 5) is 10.7. The van der Waals surface area contributed by atoms with Gasteiger partial charge in [0.2, 0.25) is 0 Å². The topological polar surface area (TPSA) is 49.3 Å². The van der Waals surface area contributed by atoms with Crippen LogP contribution in [0.5, 0.6) is 0 Å². The Morgan fingerprint density at radius 2 is 2.24 bits per heavy atom. The highest BCUT2D eigenvalue weighted by molar-refractivity contribution is 9.10. The number of hydrogen-bond donors (Lipinski definition) is 2. The van der Waals surface area contributed by atoms with Crippen molar-refractivity contribution < 1.29 is 9.90 Å². The molecule has 1 aromatic carbocycles. The predicted molar refractivity (Wildman–Crippen MR) is 72.3 cm³/mol. The number of halogens is 1. The summed E-state index contributed by atoms with van der Waals surface area (Å²) in [5.41, 5.74) is 1.17. The molecule has 0 spiro atoms. The maximum absolute atomic E-state index is 10.7. The summed E-state index contributed by atoms with van der Waals surface area (Å²) in [5.74, 6) is 1.67. The molecule has 0 aliphatic heterocycles. The van der Waals surface area contributed by atoms with E-state index in [1.807, 2.05) is 0 Å². The molecule has 0 radical (unpaired) electrons. The lowest BCUT2D eigenvalue weighted by Crippen LogP contribution is -2.03. The minimum absolute atomic E-state index is 0.273. The molecule has 2 N–H and O–H groups in total. The molecular weight excluding hydrogens is 282 g/mol. The molecule has 0 unspecified atom stereocenters. The zero-order valence-corrected chi connectivity index (χ0v) is 11.0. The van der Waals surface area contributed by atoms with Crippen LogP contribution in [0, 0.1) is 12.3 Å². The third kappa shape index (κ3) is 4.49. The van der Waals surface area contributed by atoms with Crippen molar-refractivity contribution in [3.8, 4) is 12.3 Å². The van der Waals surface area contributed by atoms with E-state index in [0.717, 1.165) is 36.0 Å². The van der Waals surface area contributed by atoms with Crippen molar-refractivity contribution >= 4 is 27.6 Å². The van der Waals surface area contributed by atoms with Crippen LogP contribution in [0.1, 0.15) is 29.6 Å². The maximum atomic E-state index is 10.7. The molecule has 90 valence electrons. The first-order valence-electron chi connectivity index (χ1n) is 5.35. The van der Waals surface area contributed by atoms with Gasteiger partial charge in [0, 0.05) is 23.1 Å². The fourth-order valence-electron chi connectivity index (χ4n) is 1.37. The van der Waals surface area contributed by atoms with Crippen molar-refractivity contribution in [2.24, 2.45) is 0 Å². The Kier molecular flexibility index (Phi) is 5.58. The van der Waals surface area contributed by atoms with Crippen LogP contribution in [0.3, 0.4) is 0 Å². The number of anilines is 1. The van der Waals surface area contributed by atoms with Crippen LogP contribution in [-0.2, 0) is 0 Å². The van der Waals surface area contributed by atoms with E-state index >= 15 is 0 Å². The molecule has 0 aromatic heterocycles. The van der Waals surface area contributed by atoms with Crippen LogP contribution in [0.2, 0.25) is 0 Å². The zero-order chi connectivity index (χ0) is 12.7. The Hall–Kier alpha value is -1.47. The molecule has 4 heteroatoms. The van der Waals surface area contributed by atoms with Gasteiger partial charge in [-0.05, 0) is 47.0 Å². The largest absolute Gasteiger partial charge is 0.478 e. The van der Waals surface area contributed by atoms with E-state index in [9.17, 15) is 4.79 Å². The normalized spacial score (nSPS) is 9.65. The molecule has 0 saturated carbocycles. The fourth-order valence-corrected chi connectivity index (χ4v) is 1.89. The second-order valence-electron chi connectivity index (χ2n) is 3.59. The Balaban J connectivity index is 2.50. The predicted octanol–water partition coefficient (Wildman–Crippen LogP) is 3.36. The van der Waals surface area contributed by atoms with Gasteiger partial charge >= 0.3 is 5.97 Å². The van der Waals surface area contributed by atoms with E-state index in [2.05, 4.69) is 27.2 Å². The minimum Gasteiger partial charge on any atom is -0.478 e. The molecule has 0 atom stereocenters. The third-order valence-corrected chi connectivity index (χ3v) is 2.94. The average molecular weight is 296 g/mol.